The number of rotatable bonds is 7. The van der Waals surface area contributed by atoms with Crippen molar-refractivity contribution in [1.82, 2.24) is 0 Å². The summed E-state index contributed by atoms with van der Waals surface area (Å²) in [5.74, 6) is 2.16. The molecule has 0 saturated carbocycles. The van der Waals surface area contributed by atoms with E-state index in [1.54, 1.807) is 12.1 Å². The SMILES string of the molecule is Oc1cccc2cc(OCCCCOc3ccc4c(O)cccc4c3)ccc12. The van der Waals surface area contributed by atoms with Crippen LogP contribution in [0.25, 0.3) is 21.5 Å². The molecule has 0 radical (unpaired) electrons. The van der Waals surface area contributed by atoms with E-state index in [-0.39, 0.29) is 11.5 Å². The molecule has 0 aromatic heterocycles. The Kier molecular flexibility index (Phi) is 5.20. The Labute approximate surface area is 163 Å². The standard InChI is InChI=1S/C24H22O4/c25-23-7-3-5-17-15-19(9-11-21(17)23)27-13-1-2-14-28-20-10-12-22-18(16-20)6-4-8-24(22)26/h3-12,15-16,25-26H,1-2,13-14H2. The highest BCUT2D eigenvalue weighted by molar-refractivity contribution is 5.89. The van der Waals surface area contributed by atoms with Gasteiger partial charge in [0.25, 0.3) is 0 Å². The molecule has 0 amide bonds. The molecule has 0 aliphatic heterocycles. The molecule has 4 aromatic rings. The maximum absolute atomic E-state index is 9.83. The lowest BCUT2D eigenvalue weighted by molar-refractivity contribution is 0.267. The maximum atomic E-state index is 9.83. The number of unbranched alkanes of at least 4 members (excludes halogenated alkanes) is 1. The molecule has 0 aliphatic rings. The molecular weight excluding hydrogens is 352 g/mol. The first-order valence-corrected chi connectivity index (χ1v) is 9.40. The van der Waals surface area contributed by atoms with Gasteiger partial charge in [-0.3, -0.25) is 0 Å². The first-order chi connectivity index (χ1) is 13.7. The second kappa shape index (κ2) is 8.09. The zero-order valence-corrected chi connectivity index (χ0v) is 15.5. The highest BCUT2D eigenvalue weighted by Gasteiger charge is 2.03. The van der Waals surface area contributed by atoms with Crippen LogP contribution in [0.2, 0.25) is 0 Å². The fraction of sp³-hybridized carbons (Fsp3) is 0.167. The lowest BCUT2D eigenvalue weighted by Gasteiger charge is -2.10. The van der Waals surface area contributed by atoms with Gasteiger partial charge in [-0.2, -0.15) is 0 Å². The van der Waals surface area contributed by atoms with E-state index in [0.29, 0.717) is 13.2 Å². The lowest BCUT2D eigenvalue weighted by Crippen LogP contribution is -2.02. The minimum absolute atomic E-state index is 0.283. The summed E-state index contributed by atoms with van der Waals surface area (Å²) < 4.78 is 11.6. The summed E-state index contributed by atoms with van der Waals surface area (Å²) in [7, 11) is 0. The molecule has 0 unspecified atom stereocenters. The van der Waals surface area contributed by atoms with Crippen molar-refractivity contribution in [2.24, 2.45) is 0 Å². The third kappa shape index (κ3) is 3.96. The average molecular weight is 374 g/mol. The second-order valence-corrected chi connectivity index (χ2v) is 6.72. The fourth-order valence-electron chi connectivity index (χ4n) is 3.25. The summed E-state index contributed by atoms with van der Waals surface area (Å²) in [6.07, 6.45) is 1.76. The number of hydrogen-bond donors (Lipinski definition) is 2. The molecule has 2 N–H and O–H groups in total. The summed E-state index contributed by atoms with van der Waals surface area (Å²) in [5, 5.41) is 23.2. The Bertz CT molecular complexity index is 1010. The van der Waals surface area contributed by atoms with Crippen molar-refractivity contribution in [3.05, 3.63) is 72.8 Å². The molecule has 28 heavy (non-hydrogen) atoms. The third-order valence-electron chi connectivity index (χ3n) is 4.73. The molecule has 142 valence electrons. The van der Waals surface area contributed by atoms with Crippen LogP contribution in [0.3, 0.4) is 0 Å². The molecule has 0 bridgehead atoms. The number of hydrogen-bond acceptors (Lipinski definition) is 4. The molecule has 0 fully saturated rings. The van der Waals surface area contributed by atoms with Gasteiger partial charge < -0.3 is 19.7 Å². The molecule has 0 atom stereocenters. The second-order valence-electron chi connectivity index (χ2n) is 6.72. The van der Waals surface area contributed by atoms with Gasteiger partial charge >= 0.3 is 0 Å². The van der Waals surface area contributed by atoms with Crippen LogP contribution in [-0.2, 0) is 0 Å². The summed E-state index contributed by atoms with van der Waals surface area (Å²) in [5.41, 5.74) is 0. The van der Waals surface area contributed by atoms with Crippen molar-refractivity contribution in [2.45, 2.75) is 12.8 Å². The van der Waals surface area contributed by atoms with Crippen molar-refractivity contribution >= 4 is 21.5 Å². The molecule has 4 nitrogen and oxygen atoms in total. The van der Waals surface area contributed by atoms with E-state index in [4.69, 9.17) is 9.47 Å². The highest BCUT2D eigenvalue weighted by Crippen LogP contribution is 2.29. The Hall–Kier alpha value is -3.40. The van der Waals surface area contributed by atoms with Crippen LogP contribution in [0.5, 0.6) is 23.0 Å². The van der Waals surface area contributed by atoms with Gasteiger partial charge in [0.15, 0.2) is 0 Å². The largest absolute Gasteiger partial charge is 0.507 e. The minimum atomic E-state index is 0.283. The Morgan fingerprint density at radius 2 is 1.04 bits per heavy atom. The summed E-state index contributed by atoms with van der Waals surface area (Å²) in [4.78, 5) is 0. The van der Waals surface area contributed by atoms with Crippen molar-refractivity contribution in [1.29, 1.82) is 0 Å². The van der Waals surface area contributed by atoms with E-state index in [9.17, 15) is 10.2 Å². The van der Waals surface area contributed by atoms with Crippen LogP contribution in [0.4, 0.5) is 0 Å². The molecule has 4 rings (SSSR count). The van der Waals surface area contributed by atoms with E-state index in [0.717, 1.165) is 45.9 Å². The number of phenolic OH excluding ortho intramolecular Hbond substituents is 2. The first-order valence-electron chi connectivity index (χ1n) is 9.40. The third-order valence-corrected chi connectivity index (χ3v) is 4.73. The van der Waals surface area contributed by atoms with Crippen LogP contribution in [0, 0.1) is 0 Å². The van der Waals surface area contributed by atoms with Gasteiger partial charge in [-0.15, -0.1) is 0 Å². The zero-order valence-electron chi connectivity index (χ0n) is 15.5. The number of benzene rings is 4. The molecule has 4 aromatic carbocycles. The lowest BCUT2D eigenvalue weighted by atomic mass is 10.1. The van der Waals surface area contributed by atoms with Gasteiger partial charge in [0.05, 0.1) is 13.2 Å². The van der Waals surface area contributed by atoms with E-state index >= 15 is 0 Å². The topological polar surface area (TPSA) is 58.9 Å². The van der Waals surface area contributed by atoms with Gasteiger partial charge in [0, 0.05) is 10.8 Å². The molecule has 0 aliphatic carbocycles. The summed E-state index contributed by atoms with van der Waals surface area (Å²) >= 11 is 0. The quantitative estimate of drug-likeness (QED) is 0.411. The zero-order chi connectivity index (χ0) is 19.3. The smallest absolute Gasteiger partial charge is 0.123 e. The summed E-state index contributed by atoms with van der Waals surface area (Å²) in [6, 6.07) is 22.3. The first kappa shape index (κ1) is 18.0. The Balaban J connectivity index is 1.24. The number of phenols is 2. The number of fused-ring (bicyclic) bond motifs is 2. The van der Waals surface area contributed by atoms with Crippen molar-refractivity contribution in [3.63, 3.8) is 0 Å². The van der Waals surface area contributed by atoms with Crippen LogP contribution >= 0.6 is 0 Å². The van der Waals surface area contributed by atoms with Gasteiger partial charge in [-0.1, -0.05) is 24.3 Å². The van der Waals surface area contributed by atoms with Crippen LogP contribution in [0.1, 0.15) is 12.8 Å². The monoisotopic (exact) mass is 374 g/mol. The van der Waals surface area contributed by atoms with Crippen molar-refractivity contribution in [3.8, 4) is 23.0 Å². The molecule has 0 spiro atoms. The van der Waals surface area contributed by atoms with Crippen LogP contribution in [0.15, 0.2) is 72.8 Å². The summed E-state index contributed by atoms with van der Waals surface area (Å²) in [6.45, 7) is 1.22. The minimum Gasteiger partial charge on any atom is -0.507 e. The maximum Gasteiger partial charge on any atom is 0.123 e. The van der Waals surface area contributed by atoms with Gasteiger partial charge in [0.2, 0.25) is 0 Å². The van der Waals surface area contributed by atoms with E-state index in [2.05, 4.69) is 0 Å². The predicted molar refractivity (Wildman–Crippen MR) is 111 cm³/mol. The number of ether oxygens (including phenoxy) is 2. The number of aromatic hydroxyl groups is 2. The van der Waals surface area contributed by atoms with E-state index < -0.39 is 0 Å². The van der Waals surface area contributed by atoms with Crippen molar-refractivity contribution < 1.29 is 19.7 Å². The van der Waals surface area contributed by atoms with Crippen LogP contribution in [-0.4, -0.2) is 23.4 Å². The fourth-order valence-corrected chi connectivity index (χ4v) is 3.25. The van der Waals surface area contributed by atoms with E-state index in [1.165, 1.54) is 0 Å². The van der Waals surface area contributed by atoms with Gasteiger partial charge in [-0.05, 0) is 72.1 Å². The molecule has 0 heterocycles. The normalized spacial score (nSPS) is 11.0. The molecular formula is C24H22O4. The van der Waals surface area contributed by atoms with Crippen LogP contribution < -0.4 is 9.47 Å². The predicted octanol–water partition coefficient (Wildman–Crippen LogP) is 5.64. The Morgan fingerprint density at radius 3 is 1.50 bits per heavy atom. The molecule has 4 heteroatoms. The van der Waals surface area contributed by atoms with Gasteiger partial charge in [0.1, 0.15) is 23.0 Å². The Morgan fingerprint density at radius 1 is 0.571 bits per heavy atom. The highest BCUT2D eigenvalue weighted by atomic mass is 16.5. The van der Waals surface area contributed by atoms with Crippen molar-refractivity contribution in [2.75, 3.05) is 13.2 Å². The van der Waals surface area contributed by atoms with E-state index in [1.807, 2.05) is 60.7 Å². The van der Waals surface area contributed by atoms with Gasteiger partial charge in [-0.25, -0.2) is 0 Å². The molecule has 0 saturated heterocycles. The average Bonchev–Trinajstić information content (AvgIpc) is 2.71.